The zero-order valence-electron chi connectivity index (χ0n) is 14.1. The fraction of sp³-hybridized carbons (Fsp3) is 0.235. The first-order valence-corrected chi connectivity index (χ1v) is 10.1. The number of aromatic nitrogens is 3. The van der Waals surface area contributed by atoms with Gasteiger partial charge in [0.05, 0.1) is 10.8 Å². The van der Waals surface area contributed by atoms with E-state index < -0.39 is 5.82 Å². The van der Waals surface area contributed by atoms with Crippen LogP contribution in [0.15, 0.2) is 34.8 Å². The number of hydrogen-bond acceptors (Lipinski definition) is 5. The van der Waals surface area contributed by atoms with E-state index in [4.69, 9.17) is 11.6 Å². The van der Waals surface area contributed by atoms with Crippen molar-refractivity contribution < 1.29 is 9.18 Å². The Bertz CT molecular complexity index is 941. The molecular formula is C17H16ClFN4OS2. The van der Waals surface area contributed by atoms with Crippen LogP contribution in [0.2, 0.25) is 5.02 Å². The van der Waals surface area contributed by atoms with Crippen molar-refractivity contribution in [3.63, 3.8) is 0 Å². The second-order valence-electron chi connectivity index (χ2n) is 5.46. The summed E-state index contributed by atoms with van der Waals surface area (Å²) < 4.78 is 15.1. The van der Waals surface area contributed by atoms with E-state index in [1.54, 1.807) is 11.3 Å². The monoisotopic (exact) mass is 410 g/mol. The van der Waals surface area contributed by atoms with Crippen molar-refractivity contribution in [1.82, 2.24) is 14.8 Å². The number of aryl methyl sites for hydroxylation is 1. The Morgan fingerprint density at radius 3 is 2.85 bits per heavy atom. The summed E-state index contributed by atoms with van der Waals surface area (Å²) >= 11 is 8.68. The van der Waals surface area contributed by atoms with Gasteiger partial charge in [0.1, 0.15) is 5.82 Å². The van der Waals surface area contributed by atoms with Gasteiger partial charge in [-0.1, -0.05) is 23.4 Å². The van der Waals surface area contributed by atoms with Gasteiger partial charge in [0.25, 0.3) is 0 Å². The van der Waals surface area contributed by atoms with Gasteiger partial charge in [-0.2, -0.15) is 0 Å². The number of halogens is 2. The van der Waals surface area contributed by atoms with Crippen LogP contribution in [0.5, 0.6) is 0 Å². The SMILES string of the molecule is CCn1c(SCC(=O)Nc2ccc(F)c(Cl)c2)nnc1-c1csc(C)c1. The molecule has 0 bridgehead atoms. The molecule has 26 heavy (non-hydrogen) atoms. The topological polar surface area (TPSA) is 59.8 Å². The Balaban J connectivity index is 1.66. The van der Waals surface area contributed by atoms with Gasteiger partial charge in [0.2, 0.25) is 5.91 Å². The molecule has 0 unspecified atom stereocenters. The van der Waals surface area contributed by atoms with Crippen LogP contribution in [-0.2, 0) is 11.3 Å². The second kappa shape index (κ2) is 8.20. The summed E-state index contributed by atoms with van der Waals surface area (Å²) in [6.45, 7) is 4.76. The van der Waals surface area contributed by atoms with Gasteiger partial charge in [0.15, 0.2) is 11.0 Å². The van der Waals surface area contributed by atoms with Gasteiger partial charge in [-0.15, -0.1) is 21.5 Å². The van der Waals surface area contributed by atoms with Gasteiger partial charge in [-0.05, 0) is 38.1 Å². The predicted octanol–water partition coefficient (Wildman–Crippen LogP) is 4.86. The van der Waals surface area contributed by atoms with E-state index in [2.05, 4.69) is 21.6 Å². The smallest absolute Gasteiger partial charge is 0.234 e. The average Bonchev–Trinajstić information content (AvgIpc) is 3.21. The van der Waals surface area contributed by atoms with Gasteiger partial charge in [-0.3, -0.25) is 4.79 Å². The number of amides is 1. The Morgan fingerprint density at radius 1 is 1.38 bits per heavy atom. The first-order chi connectivity index (χ1) is 12.5. The van der Waals surface area contributed by atoms with Crippen LogP contribution in [0.3, 0.4) is 0 Å². The van der Waals surface area contributed by atoms with Gasteiger partial charge in [-0.25, -0.2) is 4.39 Å². The maximum atomic E-state index is 13.2. The summed E-state index contributed by atoms with van der Waals surface area (Å²) in [5, 5.41) is 13.9. The minimum Gasteiger partial charge on any atom is -0.325 e. The third kappa shape index (κ3) is 4.25. The number of thioether (sulfide) groups is 1. The van der Waals surface area contributed by atoms with E-state index in [1.165, 1.54) is 34.8 Å². The highest BCUT2D eigenvalue weighted by Crippen LogP contribution is 2.27. The molecule has 5 nitrogen and oxygen atoms in total. The molecule has 2 heterocycles. The number of thiophene rings is 1. The lowest BCUT2D eigenvalue weighted by Gasteiger charge is -2.07. The predicted molar refractivity (Wildman–Crippen MR) is 105 cm³/mol. The summed E-state index contributed by atoms with van der Waals surface area (Å²) in [7, 11) is 0. The number of carbonyl (C=O) groups is 1. The zero-order valence-corrected chi connectivity index (χ0v) is 16.5. The van der Waals surface area contributed by atoms with Gasteiger partial charge >= 0.3 is 0 Å². The van der Waals surface area contributed by atoms with Crippen molar-refractivity contribution in [1.29, 1.82) is 0 Å². The quantitative estimate of drug-likeness (QED) is 0.589. The number of benzene rings is 1. The van der Waals surface area contributed by atoms with Crippen molar-refractivity contribution >= 4 is 46.3 Å². The molecule has 1 aromatic carbocycles. The van der Waals surface area contributed by atoms with E-state index in [0.29, 0.717) is 17.4 Å². The van der Waals surface area contributed by atoms with Crippen molar-refractivity contribution in [2.24, 2.45) is 0 Å². The third-order valence-electron chi connectivity index (χ3n) is 3.56. The van der Waals surface area contributed by atoms with Crippen LogP contribution >= 0.6 is 34.7 Å². The van der Waals surface area contributed by atoms with Crippen molar-refractivity contribution in [2.45, 2.75) is 25.5 Å². The van der Waals surface area contributed by atoms with Crippen LogP contribution in [0.1, 0.15) is 11.8 Å². The lowest BCUT2D eigenvalue weighted by Crippen LogP contribution is -2.14. The molecule has 0 spiro atoms. The molecule has 0 aliphatic rings. The number of hydrogen-bond donors (Lipinski definition) is 1. The Kier molecular flexibility index (Phi) is 5.95. The number of nitrogens with one attached hydrogen (secondary N) is 1. The molecular weight excluding hydrogens is 395 g/mol. The summed E-state index contributed by atoms with van der Waals surface area (Å²) in [4.78, 5) is 13.3. The van der Waals surface area contributed by atoms with E-state index in [9.17, 15) is 9.18 Å². The maximum absolute atomic E-state index is 13.2. The first-order valence-electron chi connectivity index (χ1n) is 7.84. The Morgan fingerprint density at radius 2 is 2.19 bits per heavy atom. The van der Waals surface area contributed by atoms with Gasteiger partial charge in [0, 0.05) is 28.1 Å². The molecule has 0 atom stereocenters. The number of carbonyl (C=O) groups excluding carboxylic acids is 1. The minimum absolute atomic E-state index is 0.0307. The van der Waals surface area contributed by atoms with E-state index in [0.717, 1.165) is 11.4 Å². The fourth-order valence-corrected chi connectivity index (χ4v) is 4.02. The molecule has 9 heteroatoms. The lowest BCUT2D eigenvalue weighted by atomic mass is 10.3. The highest BCUT2D eigenvalue weighted by Gasteiger charge is 2.15. The Labute approximate surface area is 163 Å². The van der Waals surface area contributed by atoms with Crippen LogP contribution in [-0.4, -0.2) is 26.4 Å². The number of rotatable bonds is 6. The normalized spacial score (nSPS) is 10.9. The third-order valence-corrected chi connectivity index (χ3v) is 5.68. The minimum atomic E-state index is -0.522. The standard InChI is InChI=1S/C17H16ClFN4OS2/c1-3-23-16(11-6-10(2)25-8-11)21-22-17(23)26-9-15(24)20-12-4-5-14(19)13(18)7-12/h4-8H,3,9H2,1-2H3,(H,20,24). The molecule has 136 valence electrons. The van der Waals surface area contributed by atoms with E-state index in [1.807, 2.05) is 23.8 Å². The molecule has 0 fully saturated rings. The molecule has 0 aliphatic heterocycles. The van der Waals surface area contributed by atoms with Crippen molar-refractivity contribution in [3.05, 3.63) is 45.4 Å². The first kappa shape index (κ1) is 18.9. The summed E-state index contributed by atoms with van der Waals surface area (Å²) in [5.74, 6) is 0.211. The molecule has 2 aromatic heterocycles. The van der Waals surface area contributed by atoms with E-state index in [-0.39, 0.29) is 16.7 Å². The fourth-order valence-electron chi connectivity index (χ4n) is 2.36. The number of anilines is 1. The molecule has 0 aliphatic carbocycles. The molecule has 0 radical (unpaired) electrons. The molecule has 0 saturated heterocycles. The highest BCUT2D eigenvalue weighted by molar-refractivity contribution is 7.99. The molecule has 3 rings (SSSR count). The van der Waals surface area contributed by atoms with Gasteiger partial charge < -0.3 is 9.88 Å². The van der Waals surface area contributed by atoms with Crippen molar-refractivity contribution in [3.8, 4) is 11.4 Å². The zero-order chi connectivity index (χ0) is 18.7. The summed E-state index contributed by atoms with van der Waals surface area (Å²) in [6.07, 6.45) is 0. The largest absolute Gasteiger partial charge is 0.325 e. The number of nitrogens with zero attached hydrogens (tertiary/aromatic N) is 3. The van der Waals surface area contributed by atoms with E-state index >= 15 is 0 Å². The maximum Gasteiger partial charge on any atom is 0.234 e. The molecule has 3 aromatic rings. The van der Waals surface area contributed by atoms with Crippen LogP contribution < -0.4 is 5.32 Å². The summed E-state index contributed by atoms with van der Waals surface area (Å²) in [5.41, 5.74) is 1.48. The van der Waals surface area contributed by atoms with Crippen LogP contribution in [0.4, 0.5) is 10.1 Å². The molecule has 1 amide bonds. The average molecular weight is 411 g/mol. The summed E-state index contributed by atoms with van der Waals surface area (Å²) in [6, 6.07) is 6.13. The molecule has 1 N–H and O–H groups in total. The van der Waals surface area contributed by atoms with Crippen molar-refractivity contribution in [2.75, 3.05) is 11.1 Å². The van der Waals surface area contributed by atoms with Crippen LogP contribution in [0, 0.1) is 12.7 Å². The Hall–Kier alpha value is -1.90. The lowest BCUT2D eigenvalue weighted by molar-refractivity contribution is -0.113. The van der Waals surface area contributed by atoms with Crippen LogP contribution in [0.25, 0.3) is 11.4 Å². The second-order valence-corrected chi connectivity index (χ2v) is 7.93. The molecule has 0 saturated carbocycles. The highest BCUT2D eigenvalue weighted by atomic mass is 35.5.